The molecule has 4 nitrogen and oxygen atoms in total. The highest BCUT2D eigenvalue weighted by Crippen LogP contribution is 2.35. The van der Waals surface area contributed by atoms with Gasteiger partial charge in [-0.05, 0) is 101 Å². The third kappa shape index (κ3) is 5.44. The van der Waals surface area contributed by atoms with Crippen LogP contribution in [0.25, 0.3) is 21.8 Å². The SMILES string of the molecule is Cc1cc(C)c2nc3c(c(NCCCCCCNc4cc(C)nc5ccc(Cl)cc45)c2c1)CCCC3. The molecule has 0 aliphatic heterocycles. The summed E-state index contributed by atoms with van der Waals surface area (Å²) < 4.78 is 0. The number of rotatable bonds is 9. The van der Waals surface area contributed by atoms with Gasteiger partial charge in [0.1, 0.15) is 0 Å². The van der Waals surface area contributed by atoms with Gasteiger partial charge in [-0.3, -0.25) is 9.97 Å². The van der Waals surface area contributed by atoms with E-state index < -0.39 is 0 Å². The molecule has 0 bridgehead atoms. The largest absolute Gasteiger partial charge is 0.384 e. The zero-order valence-electron chi connectivity index (χ0n) is 21.8. The highest BCUT2D eigenvalue weighted by molar-refractivity contribution is 6.31. The number of aromatic nitrogens is 2. The second-order valence-electron chi connectivity index (χ2n) is 10.3. The second kappa shape index (κ2) is 11.0. The minimum Gasteiger partial charge on any atom is -0.384 e. The predicted molar refractivity (Wildman–Crippen MR) is 155 cm³/mol. The van der Waals surface area contributed by atoms with Crippen molar-refractivity contribution in [3.8, 4) is 0 Å². The van der Waals surface area contributed by atoms with Gasteiger partial charge < -0.3 is 10.6 Å². The third-order valence-corrected chi connectivity index (χ3v) is 7.56. The zero-order chi connectivity index (χ0) is 25.1. The van der Waals surface area contributed by atoms with Gasteiger partial charge in [0.15, 0.2) is 0 Å². The minimum absolute atomic E-state index is 0.747. The first kappa shape index (κ1) is 24.8. The van der Waals surface area contributed by atoms with Crippen molar-refractivity contribution in [3.05, 3.63) is 69.5 Å². The number of pyridine rings is 2. The molecule has 5 heteroatoms. The predicted octanol–water partition coefficient (Wildman–Crippen LogP) is 8.32. The molecule has 0 spiro atoms. The van der Waals surface area contributed by atoms with Crippen molar-refractivity contribution >= 4 is 44.8 Å². The van der Waals surface area contributed by atoms with Gasteiger partial charge in [-0.1, -0.05) is 36.1 Å². The van der Waals surface area contributed by atoms with Crippen LogP contribution in [0.1, 0.15) is 66.6 Å². The average molecular weight is 501 g/mol. The molecule has 0 saturated heterocycles. The molecule has 2 heterocycles. The van der Waals surface area contributed by atoms with E-state index >= 15 is 0 Å². The summed E-state index contributed by atoms with van der Waals surface area (Å²) in [7, 11) is 0. The second-order valence-corrected chi connectivity index (χ2v) is 10.8. The molecule has 2 N–H and O–H groups in total. The Balaban J connectivity index is 1.15. The Hall–Kier alpha value is -2.85. The molecular weight excluding hydrogens is 464 g/mol. The van der Waals surface area contributed by atoms with Crippen molar-refractivity contribution in [2.75, 3.05) is 23.7 Å². The Kier molecular flexibility index (Phi) is 7.62. The Morgan fingerprint density at radius 2 is 1.58 bits per heavy atom. The first-order valence-electron chi connectivity index (χ1n) is 13.5. The fourth-order valence-electron chi connectivity index (χ4n) is 5.60. The summed E-state index contributed by atoms with van der Waals surface area (Å²) in [5.74, 6) is 0. The molecule has 4 aromatic rings. The lowest BCUT2D eigenvalue weighted by atomic mass is 9.91. The van der Waals surface area contributed by atoms with E-state index in [-0.39, 0.29) is 0 Å². The van der Waals surface area contributed by atoms with E-state index in [4.69, 9.17) is 16.6 Å². The number of halogens is 1. The molecule has 0 radical (unpaired) electrons. The molecule has 2 aromatic carbocycles. The van der Waals surface area contributed by atoms with Crippen molar-refractivity contribution in [1.82, 2.24) is 9.97 Å². The summed E-state index contributed by atoms with van der Waals surface area (Å²) >= 11 is 6.23. The van der Waals surface area contributed by atoms with E-state index in [1.54, 1.807) is 0 Å². The smallest absolute Gasteiger partial charge is 0.0755 e. The van der Waals surface area contributed by atoms with E-state index in [1.165, 1.54) is 71.1 Å². The zero-order valence-corrected chi connectivity index (χ0v) is 22.6. The first-order valence-corrected chi connectivity index (χ1v) is 13.8. The van der Waals surface area contributed by atoms with Gasteiger partial charge in [0.2, 0.25) is 0 Å². The number of nitrogens with zero attached hydrogens (tertiary/aromatic N) is 2. The van der Waals surface area contributed by atoms with Gasteiger partial charge in [-0.2, -0.15) is 0 Å². The van der Waals surface area contributed by atoms with Gasteiger partial charge in [-0.15, -0.1) is 0 Å². The molecule has 188 valence electrons. The molecule has 36 heavy (non-hydrogen) atoms. The maximum absolute atomic E-state index is 6.23. The highest BCUT2D eigenvalue weighted by atomic mass is 35.5. The summed E-state index contributed by atoms with van der Waals surface area (Å²) in [5.41, 5.74) is 11.0. The van der Waals surface area contributed by atoms with E-state index in [0.29, 0.717) is 0 Å². The van der Waals surface area contributed by atoms with Gasteiger partial charge >= 0.3 is 0 Å². The van der Waals surface area contributed by atoms with E-state index in [9.17, 15) is 0 Å². The lowest BCUT2D eigenvalue weighted by Crippen LogP contribution is -2.13. The molecule has 0 unspecified atom stereocenters. The molecule has 0 saturated carbocycles. The standard InChI is InChI=1S/C31H37ClN4/c1-20-16-21(2)30-26(17-20)31(24-10-6-7-11-27(24)36-30)34-15-9-5-4-8-14-33-29-18-22(3)35-28-13-12-23(32)19-25(28)29/h12-13,16-19H,4-11,14-15H2,1-3H3,(H,33,35)(H,34,36). The van der Waals surface area contributed by atoms with Crippen LogP contribution >= 0.6 is 11.6 Å². The van der Waals surface area contributed by atoms with Crippen LogP contribution in [-0.4, -0.2) is 23.1 Å². The highest BCUT2D eigenvalue weighted by Gasteiger charge is 2.19. The van der Waals surface area contributed by atoms with Crippen LogP contribution in [-0.2, 0) is 12.8 Å². The Bertz CT molecular complexity index is 1400. The van der Waals surface area contributed by atoms with Gasteiger partial charge in [0.05, 0.1) is 11.0 Å². The van der Waals surface area contributed by atoms with Gasteiger partial charge in [0, 0.05) is 51.6 Å². The first-order chi connectivity index (χ1) is 17.5. The Morgan fingerprint density at radius 1 is 0.806 bits per heavy atom. The van der Waals surface area contributed by atoms with Crippen LogP contribution in [0, 0.1) is 20.8 Å². The van der Waals surface area contributed by atoms with Gasteiger partial charge in [-0.25, -0.2) is 0 Å². The topological polar surface area (TPSA) is 49.8 Å². The number of anilines is 2. The summed E-state index contributed by atoms with van der Waals surface area (Å²) in [4.78, 5) is 9.72. The number of unbranched alkanes of at least 4 members (excludes halogenated alkanes) is 3. The number of benzene rings is 2. The van der Waals surface area contributed by atoms with Crippen LogP contribution in [0.5, 0.6) is 0 Å². The lowest BCUT2D eigenvalue weighted by Gasteiger charge is -2.22. The number of hydrogen-bond acceptors (Lipinski definition) is 4. The van der Waals surface area contributed by atoms with E-state index in [1.807, 2.05) is 25.1 Å². The van der Waals surface area contributed by atoms with Crippen molar-refractivity contribution in [3.63, 3.8) is 0 Å². The molecule has 5 rings (SSSR count). The fourth-order valence-corrected chi connectivity index (χ4v) is 5.77. The van der Waals surface area contributed by atoms with Crippen LogP contribution < -0.4 is 10.6 Å². The molecule has 0 amide bonds. The molecule has 2 aromatic heterocycles. The molecule has 0 atom stereocenters. The normalized spacial score (nSPS) is 13.2. The van der Waals surface area contributed by atoms with E-state index in [2.05, 4.69) is 47.7 Å². The number of nitrogens with one attached hydrogen (secondary N) is 2. The van der Waals surface area contributed by atoms with Crippen molar-refractivity contribution in [2.45, 2.75) is 72.1 Å². The average Bonchev–Trinajstić information content (AvgIpc) is 2.85. The monoisotopic (exact) mass is 500 g/mol. The van der Waals surface area contributed by atoms with Gasteiger partial charge in [0.25, 0.3) is 0 Å². The molecular formula is C31H37ClN4. The molecule has 0 fully saturated rings. The summed E-state index contributed by atoms with van der Waals surface area (Å²) in [6.07, 6.45) is 9.54. The van der Waals surface area contributed by atoms with E-state index in [0.717, 1.165) is 59.7 Å². The molecule has 1 aliphatic carbocycles. The summed E-state index contributed by atoms with van der Waals surface area (Å²) in [6.45, 7) is 8.39. The summed E-state index contributed by atoms with van der Waals surface area (Å²) in [6, 6.07) is 12.6. The maximum atomic E-state index is 6.23. The van der Waals surface area contributed by atoms with Crippen LogP contribution in [0.3, 0.4) is 0 Å². The van der Waals surface area contributed by atoms with Crippen molar-refractivity contribution < 1.29 is 0 Å². The minimum atomic E-state index is 0.747. The number of aryl methyl sites for hydroxylation is 4. The molecule has 1 aliphatic rings. The number of hydrogen-bond donors (Lipinski definition) is 2. The summed E-state index contributed by atoms with van der Waals surface area (Å²) in [5, 5.41) is 10.6. The number of fused-ring (bicyclic) bond motifs is 3. The fraction of sp³-hybridized carbons (Fsp3) is 0.419. The maximum Gasteiger partial charge on any atom is 0.0755 e. The third-order valence-electron chi connectivity index (χ3n) is 7.32. The van der Waals surface area contributed by atoms with Crippen LogP contribution in [0.15, 0.2) is 36.4 Å². The quantitative estimate of drug-likeness (QED) is 0.227. The Morgan fingerprint density at radius 3 is 2.42 bits per heavy atom. The van der Waals surface area contributed by atoms with Crippen molar-refractivity contribution in [1.29, 1.82) is 0 Å². The van der Waals surface area contributed by atoms with Crippen LogP contribution in [0.4, 0.5) is 11.4 Å². The Labute approximate surface area is 219 Å². The lowest BCUT2D eigenvalue weighted by molar-refractivity contribution is 0.663. The van der Waals surface area contributed by atoms with Crippen LogP contribution in [0.2, 0.25) is 5.02 Å². The van der Waals surface area contributed by atoms with Crippen molar-refractivity contribution in [2.24, 2.45) is 0 Å².